The van der Waals surface area contributed by atoms with Gasteiger partial charge in [0, 0.05) is 18.6 Å². The molecule has 0 aromatic heterocycles. The van der Waals surface area contributed by atoms with E-state index in [0.717, 1.165) is 57.9 Å². The van der Waals surface area contributed by atoms with E-state index in [1.165, 1.54) is 0 Å². The van der Waals surface area contributed by atoms with Gasteiger partial charge in [-0.05, 0) is 115 Å². The van der Waals surface area contributed by atoms with Crippen LogP contribution in [0.3, 0.4) is 0 Å². The van der Waals surface area contributed by atoms with Gasteiger partial charge in [-0.2, -0.15) is 0 Å². The molecule has 0 aromatic carbocycles. The van der Waals surface area contributed by atoms with Gasteiger partial charge in [-0.3, -0.25) is 4.79 Å². The van der Waals surface area contributed by atoms with E-state index >= 15 is 0 Å². The summed E-state index contributed by atoms with van der Waals surface area (Å²) in [5, 5.41) is 12.7. The van der Waals surface area contributed by atoms with Crippen molar-refractivity contribution in [1.29, 1.82) is 0 Å². The van der Waals surface area contributed by atoms with Crippen molar-refractivity contribution in [3.05, 3.63) is 11.6 Å². The zero-order valence-corrected chi connectivity index (χ0v) is 23.5. The standard InChI is InChI=1S/C30H48N2O6/c1-4-18(2)27(34)38-29(3)10-5-8-23(19-9-11-32-26(31)15-19)30(29)17-22-14-21-13-20(7-6-12-33)28(35)36-24(21)16-25(22)37-30/h4,19-26,32-33H,5-17,31H2,1-3H3. The van der Waals surface area contributed by atoms with Crippen LogP contribution in [0.25, 0.3) is 0 Å². The molecule has 5 aliphatic rings. The molecule has 10 unspecified atom stereocenters. The van der Waals surface area contributed by atoms with Crippen LogP contribution >= 0.6 is 0 Å². The number of esters is 2. The van der Waals surface area contributed by atoms with E-state index in [0.29, 0.717) is 42.6 Å². The number of ether oxygens (including phenoxy) is 3. The summed E-state index contributed by atoms with van der Waals surface area (Å²) < 4.78 is 19.6. The molecular formula is C30H48N2O6. The van der Waals surface area contributed by atoms with Gasteiger partial charge in [0.2, 0.25) is 0 Å². The molecule has 8 nitrogen and oxygen atoms in total. The number of allylic oxidation sites excluding steroid dienone is 1. The van der Waals surface area contributed by atoms with Gasteiger partial charge in [-0.15, -0.1) is 0 Å². The van der Waals surface area contributed by atoms with Gasteiger partial charge in [0.1, 0.15) is 17.3 Å². The van der Waals surface area contributed by atoms with Crippen molar-refractivity contribution in [2.45, 2.75) is 121 Å². The molecule has 4 N–H and O–H groups in total. The Hall–Kier alpha value is -1.48. The van der Waals surface area contributed by atoms with Crippen LogP contribution in [-0.4, -0.2) is 59.8 Å². The number of aliphatic hydroxyl groups excluding tert-OH is 1. The van der Waals surface area contributed by atoms with Crippen LogP contribution in [0.1, 0.15) is 91.4 Å². The second kappa shape index (κ2) is 11.2. The van der Waals surface area contributed by atoms with E-state index in [1.807, 2.05) is 19.9 Å². The molecule has 5 fully saturated rings. The molecule has 8 heteroatoms. The van der Waals surface area contributed by atoms with Crippen LogP contribution in [0.5, 0.6) is 0 Å². The predicted molar refractivity (Wildman–Crippen MR) is 143 cm³/mol. The Morgan fingerprint density at radius 2 is 2.00 bits per heavy atom. The largest absolute Gasteiger partial charge is 0.462 e. The van der Waals surface area contributed by atoms with Gasteiger partial charge in [0.15, 0.2) is 0 Å². The van der Waals surface area contributed by atoms with Gasteiger partial charge >= 0.3 is 11.9 Å². The fourth-order valence-corrected chi connectivity index (χ4v) is 8.63. The van der Waals surface area contributed by atoms with Crippen LogP contribution < -0.4 is 11.1 Å². The highest BCUT2D eigenvalue weighted by atomic mass is 16.6. The molecule has 0 bridgehead atoms. The SMILES string of the molecule is CC=C(C)C(=O)OC1(C)CCCC(C2CCNC(N)C2)C12CC1CC3CC(CCCO)C(=O)OC3CC1O2. The number of carbonyl (C=O) groups is 2. The lowest BCUT2D eigenvalue weighted by Crippen LogP contribution is -2.64. The summed E-state index contributed by atoms with van der Waals surface area (Å²) in [6, 6.07) is 0. The van der Waals surface area contributed by atoms with E-state index in [9.17, 15) is 14.7 Å². The summed E-state index contributed by atoms with van der Waals surface area (Å²) in [6.45, 7) is 6.79. The molecule has 38 heavy (non-hydrogen) atoms. The van der Waals surface area contributed by atoms with Crippen LogP contribution in [-0.2, 0) is 23.8 Å². The average Bonchev–Trinajstić information content (AvgIpc) is 3.26. The van der Waals surface area contributed by atoms with Gasteiger partial charge in [-0.1, -0.05) is 6.08 Å². The number of aliphatic hydroxyl groups is 1. The molecule has 3 saturated heterocycles. The van der Waals surface area contributed by atoms with E-state index in [4.69, 9.17) is 19.9 Å². The van der Waals surface area contributed by atoms with Crippen molar-refractivity contribution in [3.63, 3.8) is 0 Å². The minimum atomic E-state index is -0.727. The Labute approximate surface area is 227 Å². The van der Waals surface area contributed by atoms with Crippen molar-refractivity contribution in [2.75, 3.05) is 13.2 Å². The fourth-order valence-electron chi connectivity index (χ4n) is 8.63. The first-order chi connectivity index (χ1) is 18.2. The lowest BCUT2D eigenvalue weighted by Gasteiger charge is -2.55. The van der Waals surface area contributed by atoms with Gasteiger partial charge in [0.05, 0.1) is 18.2 Å². The molecule has 0 aromatic rings. The molecule has 3 heterocycles. The third-order valence-electron chi connectivity index (χ3n) is 10.7. The number of fused-ring (bicyclic) bond motifs is 2. The third-order valence-corrected chi connectivity index (χ3v) is 10.7. The molecule has 1 spiro atoms. The van der Waals surface area contributed by atoms with Gasteiger partial charge in [-0.25, -0.2) is 4.79 Å². The molecule has 0 radical (unpaired) electrons. The van der Waals surface area contributed by atoms with E-state index in [2.05, 4.69) is 12.2 Å². The summed E-state index contributed by atoms with van der Waals surface area (Å²) in [4.78, 5) is 25.9. The van der Waals surface area contributed by atoms with Crippen LogP contribution in [0, 0.1) is 29.6 Å². The smallest absolute Gasteiger partial charge is 0.334 e. The highest BCUT2D eigenvalue weighted by Gasteiger charge is 2.66. The lowest BCUT2D eigenvalue weighted by atomic mass is 9.58. The zero-order valence-electron chi connectivity index (χ0n) is 23.5. The highest BCUT2D eigenvalue weighted by Crippen LogP contribution is 2.60. The predicted octanol–water partition coefficient (Wildman–Crippen LogP) is 3.60. The summed E-state index contributed by atoms with van der Waals surface area (Å²) in [6.07, 6.45) is 11.2. The minimum absolute atomic E-state index is 0.00475. The number of nitrogens with one attached hydrogen (secondary N) is 1. The average molecular weight is 533 g/mol. The molecule has 0 amide bonds. The molecule has 2 saturated carbocycles. The summed E-state index contributed by atoms with van der Waals surface area (Å²) in [5.74, 6) is 0.852. The number of hydrogen-bond donors (Lipinski definition) is 3. The maximum absolute atomic E-state index is 13.1. The first kappa shape index (κ1) is 28.1. The number of rotatable bonds is 6. The quantitative estimate of drug-likeness (QED) is 0.351. The maximum atomic E-state index is 13.1. The van der Waals surface area contributed by atoms with Crippen LogP contribution in [0.2, 0.25) is 0 Å². The van der Waals surface area contributed by atoms with Crippen molar-refractivity contribution in [1.82, 2.24) is 5.32 Å². The molecule has 2 aliphatic carbocycles. The highest BCUT2D eigenvalue weighted by molar-refractivity contribution is 5.88. The lowest BCUT2D eigenvalue weighted by molar-refractivity contribution is -0.243. The Morgan fingerprint density at radius 3 is 2.74 bits per heavy atom. The zero-order chi connectivity index (χ0) is 27.1. The molecular weight excluding hydrogens is 484 g/mol. The first-order valence-corrected chi connectivity index (χ1v) is 15.0. The topological polar surface area (TPSA) is 120 Å². The number of hydrogen-bond acceptors (Lipinski definition) is 8. The van der Waals surface area contributed by atoms with Crippen molar-refractivity contribution in [3.8, 4) is 0 Å². The number of nitrogens with two attached hydrogens (primary N) is 1. The third kappa shape index (κ3) is 5.06. The molecule has 214 valence electrons. The number of piperidine rings is 1. The van der Waals surface area contributed by atoms with Crippen LogP contribution in [0.15, 0.2) is 11.6 Å². The minimum Gasteiger partial charge on any atom is -0.462 e. The van der Waals surface area contributed by atoms with Crippen molar-refractivity contribution >= 4 is 11.9 Å². The van der Waals surface area contributed by atoms with Crippen LogP contribution in [0.4, 0.5) is 0 Å². The molecule has 3 aliphatic heterocycles. The Bertz CT molecular complexity index is 924. The Balaban J connectivity index is 1.43. The number of carbonyl (C=O) groups excluding carboxylic acids is 2. The van der Waals surface area contributed by atoms with Crippen molar-refractivity contribution < 1.29 is 28.9 Å². The summed E-state index contributed by atoms with van der Waals surface area (Å²) >= 11 is 0. The second-order valence-corrected chi connectivity index (χ2v) is 13.0. The maximum Gasteiger partial charge on any atom is 0.334 e. The monoisotopic (exact) mass is 532 g/mol. The molecule has 5 rings (SSSR count). The van der Waals surface area contributed by atoms with E-state index in [1.54, 1.807) is 0 Å². The van der Waals surface area contributed by atoms with Gasteiger partial charge in [0.25, 0.3) is 0 Å². The fraction of sp³-hybridized carbons (Fsp3) is 0.867. The Kier molecular flexibility index (Phi) is 8.26. The first-order valence-electron chi connectivity index (χ1n) is 15.0. The summed E-state index contributed by atoms with van der Waals surface area (Å²) in [5.41, 5.74) is 5.70. The van der Waals surface area contributed by atoms with Gasteiger partial charge < -0.3 is 30.4 Å². The van der Waals surface area contributed by atoms with Crippen molar-refractivity contribution in [2.24, 2.45) is 35.3 Å². The Morgan fingerprint density at radius 1 is 1.18 bits per heavy atom. The molecule has 10 atom stereocenters. The van der Waals surface area contributed by atoms with E-state index < -0.39 is 11.2 Å². The normalized spacial score (nSPS) is 45.3. The summed E-state index contributed by atoms with van der Waals surface area (Å²) in [7, 11) is 0. The van der Waals surface area contributed by atoms with E-state index in [-0.39, 0.29) is 48.8 Å². The second-order valence-electron chi connectivity index (χ2n) is 13.0.